The first-order valence-electron chi connectivity index (χ1n) is 12.3. The Morgan fingerprint density at radius 2 is 1.62 bits per heavy atom. The van der Waals surface area contributed by atoms with Crippen molar-refractivity contribution >= 4 is 8.32 Å². The van der Waals surface area contributed by atoms with E-state index in [1.807, 2.05) is 6.07 Å². The first-order valence-corrected chi connectivity index (χ1v) is 15.2. The highest BCUT2D eigenvalue weighted by molar-refractivity contribution is 6.74. The van der Waals surface area contributed by atoms with Gasteiger partial charge in [0.05, 0.1) is 6.61 Å². The second-order valence-corrected chi connectivity index (χ2v) is 16.0. The molecule has 2 aromatic rings. The summed E-state index contributed by atoms with van der Waals surface area (Å²) in [5.41, 5.74) is 3.67. The maximum absolute atomic E-state index is 14.6. The number of hydrogen-bond donors (Lipinski definition) is 1. The van der Waals surface area contributed by atoms with Crippen molar-refractivity contribution in [2.45, 2.75) is 96.9 Å². The van der Waals surface area contributed by atoms with Gasteiger partial charge in [0.2, 0.25) is 0 Å². The molecule has 3 rings (SSSR count). The summed E-state index contributed by atoms with van der Waals surface area (Å²) in [4.78, 5) is 0. The van der Waals surface area contributed by atoms with Crippen molar-refractivity contribution in [2.24, 2.45) is 5.92 Å². The van der Waals surface area contributed by atoms with E-state index >= 15 is 0 Å². The van der Waals surface area contributed by atoms with Gasteiger partial charge < -0.3 is 9.53 Å². The van der Waals surface area contributed by atoms with E-state index in [1.54, 1.807) is 0 Å². The third kappa shape index (κ3) is 5.82. The van der Waals surface area contributed by atoms with E-state index in [-0.39, 0.29) is 17.4 Å². The molecule has 0 aromatic heterocycles. The lowest BCUT2D eigenvalue weighted by molar-refractivity contribution is 0.269. The molecule has 1 N–H and O–H groups in total. The van der Waals surface area contributed by atoms with Crippen LogP contribution in [0.15, 0.2) is 36.4 Å². The molecule has 0 aliphatic heterocycles. The number of rotatable bonds is 7. The zero-order chi connectivity index (χ0) is 23.5. The fraction of sp³-hybridized carbons (Fsp3) is 0.571. The number of benzene rings is 2. The first-order chi connectivity index (χ1) is 15.0. The maximum atomic E-state index is 14.6. The molecule has 1 aliphatic rings. The summed E-state index contributed by atoms with van der Waals surface area (Å²) in [6.45, 7) is 13.4. The Bertz CT molecular complexity index is 891. The summed E-state index contributed by atoms with van der Waals surface area (Å²) in [5, 5.41) is 10.4. The largest absolute Gasteiger partial charge is 0.505 e. The number of phenols is 1. The Balaban J connectivity index is 1.74. The van der Waals surface area contributed by atoms with E-state index in [0.717, 1.165) is 17.0 Å². The molecule has 0 heterocycles. The lowest BCUT2D eigenvalue weighted by atomic mass is 9.77. The first kappa shape index (κ1) is 25.0. The normalized spacial score (nSPS) is 19.8. The summed E-state index contributed by atoms with van der Waals surface area (Å²) in [6.07, 6.45) is 7.86. The minimum absolute atomic E-state index is 0.0598. The van der Waals surface area contributed by atoms with Gasteiger partial charge in [-0.25, -0.2) is 4.39 Å². The minimum atomic E-state index is -2.00. The molecule has 1 fully saturated rings. The van der Waals surface area contributed by atoms with Crippen LogP contribution in [0.1, 0.15) is 83.3 Å². The van der Waals surface area contributed by atoms with Gasteiger partial charge in [0.25, 0.3) is 0 Å². The van der Waals surface area contributed by atoms with E-state index in [1.165, 1.54) is 50.2 Å². The molecule has 0 unspecified atom stereocenters. The molecule has 2 nitrogen and oxygen atoms in total. The third-order valence-corrected chi connectivity index (χ3v) is 12.3. The highest BCUT2D eigenvalue weighted by Crippen LogP contribution is 2.40. The van der Waals surface area contributed by atoms with Crippen LogP contribution in [0, 0.1) is 11.7 Å². The second-order valence-electron chi connectivity index (χ2n) is 11.1. The van der Waals surface area contributed by atoms with E-state index in [0.29, 0.717) is 11.5 Å². The average Bonchev–Trinajstić information content (AvgIpc) is 2.75. The predicted molar refractivity (Wildman–Crippen MR) is 135 cm³/mol. The van der Waals surface area contributed by atoms with Gasteiger partial charge in [-0.1, -0.05) is 64.8 Å². The van der Waals surface area contributed by atoms with Crippen molar-refractivity contribution in [3.8, 4) is 16.9 Å². The molecule has 0 radical (unpaired) electrons. The summed E-state index contributed by atoms with van der Waals surface area (Å²) in [5.74, 6) is 0.660. The SMILES string of the molecule is CCCC1CCC(c2ccc(-c3cc(F)c(O)c(CO[Si](C)(C)C(C)(C)C)c3)cc2)CC1. The van der Waals surface area contributed by atoms with Crippen LogP contribution in [0.3, 0.4) is 0 Å². The fourth-order valence-corrected chi connectivity index (χ4v) is 5.50. The van der Waals surface area contributed by atoms with Crippen LogP contribution in [0.5, 0.6) is 5.75 Å². The van der Waals surface area contributed by atoms with Gasteiger partial charge in [0, 0.05) is 5.56 Å². The van der Waals surface area contributed by atoms with E-state index in [4.69, 9.17) is 4.43 Å². The van der Waals surface area contributed by atoms with Gasteiger partial charge in [-0.2, -0.15) is 0 Å². The lowest BCUT2D eigenvalue weighted by Crippen LogP contribution is -2.40. The molecular formula is C28H41FO2Si. The zero-order valence-corrected chi connectivity index (χ0v) is 21.8. The van der Waals surface area contributed by atoms with E-state index < -0.39 is 14.1 Å². The second kappa shape index (κ2) is 10.1. The van der Waals surface area contributed by atoms with E-state index in [2.05, 4.69) is 65.1 Å². The molecular weight excluding hydrogens is 415 g/mol. The number of halogens is 1. The highest BCUT2D eigenvalue weighted by atomic mass is 28.4. The Labute approximate surface area is 195 Å². The molecule has 0 atom stereocenters. The van der Waals surface area contributed by atoms with Crippen molar-refractivity contribution in [3.63, 3.8) is 0 Å². The topological polar surface area (TPSA) is 29.5 Å². The van der Waals surface area contributed by atoms with Crippen LogP contribution in [-0.2, 0) is 11.0 Å². The highest BCUT2D eigenvalue weighted by Gasteiger charge is 2.37. The number of phenolic OH excluding ortho intramolecular Hbond substituents is 1. The van der Waals surface area contributed by atoms with Crippen molar-refractivity contribution in [1.29, 1.82) is 0 Å². The molecule has 0 saturated heterocycles. The molecule has 0 bridgehead atoms. The Morgan fingerprint density at radius 3 is 2.19 bits per heavy atom. The van der Waals surface area contributed by atoms with Crippen LogP contribution in [0.4, 0.5) is 4.39 Å². The predicted octanol–water partition coefficient (Wildman–Crippen LogP) is 8.79. The standard InChI is InChI=1S/C28H41FO2Si/c1-7-8-20-9-11-21(12-10-20)22-13-15-23(16-14-22)24-17-25(27(30)26(29)18-24)19-31-32(5,6)28(2,3)4/h13-18,20-21,30H,7-12,19H2,1-6H3. The van der Waals surface area contributed by atoms with Crippen LogP contribution in [0.25, 0.3) is 11.1 Å². The van der Waals surface area contributed by atoms with Gasteiger partial charge in [-0.05, 0) is 84.5 Å². The van der Waals surface area contributed by atoms with Crippen LogP contribution in [-0.4, -0.2) is 13.4 Å². The third-order valence-electron chi connectivity index (χ3n) is 7.80. The molecule has 1 aliphatic carbocycles. The van der Waals surface area contributed by atoms with Crippen molar-refractivity contribution < 1.29 is 13.9 Å². The number of aromatic hydroxyl groups is 1. The summed E-state index contributed by atoms with van der Waals surface area (Å²) < 4.78 is 20.8. The average molecular weight is 457 g/mol. The monoisotopic (exact) mass is 456 g/mol. The molecule has 1 saturated carbocycles. The van der Waals surface area contributed by atoms with Crippen LogP contribution >= 0.6 is 0 Å². The smallest absolute Gasteiger partial charge is 0.192 e. The Morgan fingerprint density at radius 1 is 1.00 bits per heavy atom. The summed E-state index contributed by atoms with van der Waals surface area (Å²) in [7, 11) is -2.00. The van der Waals surface area contributed by atoms with Crippen molar-refractivity contribution in [3.05, 3.63) is 53.3 Å². The Hall–Kier alpha value is -1.65. The van der Waals surface area contributed by atoms with Gasteiger partial charge in [-0.3, -0.25) is 0 Å². The van der Waals surface area contributed by atoms with Crippen LogP contribution in [0.2, 0.25) is 18.1 Å². The molecule has 176 valence electrons. The van der Waals surface area contributed by atoms with Gasteiger partial charge in [0.15, 0.2) is 19.9 Å². The molecule has 4 heteroatoms. The quantitative estimate of drug-likeness (QED) is 0.422. The molecule has 2 aromatic carbocycles. The zero-order valence-electron chi connectivity index (χ0n) is 20.8. The molecule has 0 spiro atoms. The molecule has 0 amide bonds. The van der Waals surface area contributed by atoms with Crippen molar-refractivity contribution in [2.75, 3.05) is 0 Å². The van der Waals surface area contributed by atoms with Gasteiger partial charge in [-0.15, -0.1) is 0 Å². The van der Waals surface area contributed by atoms with Crippen LogP contribution < -0.4 is 0 Å². The minimum Gasteiger partial charge on any atom is -0.505 e. The van der Waals surface area contributed by atoms with Gasteiger partial charge in [0.1, 0.15) is 0 Å². The van der Waals surface area contributed by atoms with Crippen molar-refractivity contribution in [1.82, 2.24) is 0 Å². The fourth-order valence-electron chi connectivity index (χ4n) is 4.55. The van der Waals surface area contributed by atoms with E-state index in [9.17, 15) is 9.50 Å². The summed E-state index contributed by atoms with van der Waals surface area (Å²) >= 11 is 0. The maximum Gasteiger partial charge on any atom is 0.192 e. The Kier molecular flexibility index (Phi) is 7.88. The summed E-state index contributed by atoms with van der Waals surface area (Å²) in [6, 6.07) is 11.9. The molecule has 32 heavy (non-hydrogen) atoms. The number of hydrogen-bond acceptors (Lipinski definition) is 2. The van der Waals surface area contributed by atoms with Gasteiger partial charge >= 0.3 is 0 Å². The lowest BCUT2D eigenvalue weighted by Gasteiger charge is -2.36.